The number of carbonyl (C=O) groups is 1. The number of amides is 1. The number of rotatable bonds is 9. The number of likely N-dealkylation sites (tertiary alicyclic amines) is 1. The highest BCUT2D eigenvalue weighted by molar-refractivity contribution is 7.92. The number of carbonyl (C=O) groups excluding carboxylic acids is 1. The molecule has 1 aliphatic rings. The molecular formula is C30H45NO6SSi. The molecule has 0 aliphatic carbocycles. The van der Waals surface area contributed by atoms with Crippen molar-refractivity contribution in [2.75, 3.05) is 13.2 Å². The van der Waals surface area contributed by atoms with Gasteiger partial charge in [-0.25, -0.2) is 13.2 Å². The average Bonchev–Trinajstić information content (AvgIpc) is 3.22. The van der Waals surface area contributed by atoms with Crippen molar-refractivity contribution >= 4 is 24.2 Å². The molecule has 9 heteroatoms. The lowest BCUT2D eigenvalue weighted by molar-refractivity contribution is -0.00472. The lowest BCUT2D eigenvalue weighted by Gasteiger charge is -2.39. The van der Waals surface area contributed by atoms with Crippen LogP contribution in [0.4, 0.5) is 4.79 Å². The maximum absolute atomic E-state index is 14.0. The number of benzene rings is 2. The average molecular weight is 576 g/mol. The predicted molar refractivity (Wildman–Crippen MR) is 157 cm³/mol. The van der Waals surface area contributed by atoms with Gasteiger partial charge in [0.15, 0.2) is 18.2 Å². The predicted octanol–water partition coefficient (Wildman–Crippen LogP) is 6.45. The molecule has 0 radical (unpaired) electrons. The summed E-state index contributed by atoms with van der Waals surface area (Å²) in [5, 5.41) is -0.934. The molecule has 1 saturated heterocycles. The zero-order valence-corrected chi connectivity index (χ0v) is 26.5. The van der Waals surface area contributed by atoms with E-state index in [1.54, 1.807) is 56.0 Å². The summed E-state index contributed by atoms with van der Waals surface area (Å²) in [5.41, 5.74) is 0.263. The van der Waals surface area contributed by atoms with Crippen LogP contribution in [0, 0.1) is 0 Å². The Morgan fingerprint density at radius 2 is 1.49 bits per heavy atom. The van der Waals surface area contributed by atoms with E-state index in [0.29, 0.717) is 6.61 Å². The van der Waals surface area contributed by atoms with Crippen LogP contribution in [0.2, 0.25) is 18.1 Å². The highest BCUT2D eigenvalue weighted by Gasteiger charge is 2.52. The summed E-state index contributed by atoms with van der Waals surface area (Å²) in [5.74, 6) is 0. The largest absolute Gasteiger partial charge is 0.444 e. The summed E-state index contributed by atoms with van der Waals surface area (Å²) in [7, 11) is -6.03. The van der Waals surface area contributed by atoms with Crippen molar-refractivity contribution in [2.45, 2.75) is 101 Å². The minimum atomic E-state index is -3.78. The summed E-state index contributed by atoms with van der Waals surface area (Å²) < 4.78 is 46.4. The number of ether oxygens (including phenoxy) is 2. The van der Waals surface area contributed by atoms with Crippen molar-refractivity contribution in [1.82, 2.24) is 4.90 Å². The summed E-state index contributed by atoms with van der Waals surface area (Å²) >= 11 is 0. The Morgan fingerprint density at radius 3 is 2.03 bits per heavy atom. The zero-order chi connectivity index (χ0) is 29.1. The minimum Gasteiger partial charge on any atom is -0.444 e. The van der Waals surface area contributed by atoms with Crippen molar-refractivity contribution in [3.63, 3.8) is 0 Å². The van der Waals surface area contributed by atoms with Gasteiger partial charge in [0, 0.05) is 0 Å². The highest BCUT2D eigenvalue weighted by atomic mass is 32.2. The molecule has 216 valence electrons. The molecule has 2 aromatic carbocycles. The maximum Gasteiger partial charge on any atom is 0.410 e. The van der Waals surface area contributed by atoms with Crippen LogP contribution in [0.1, 0.15) is 53.5 Å². The van der Waals surface area contributed by atoms with Crippen molar-refractivity contribution in [2.24, 2.45) is 0 Å². The Bertz CT molecular complexity index is 1190. The quantitative estimate of drug-likeness (QED) is 0.320. The molecule has 1 heterocycles. The van der Waals surface area contributed by atoms with Crippen LogP contribution in [0.15, 0.2) is 65.6 Å². The molecule has 2 aromatic rings. The van der Waals surface area contributed by atoms with Crippen LogP contribution in [-0.2, 0) is 30.3 Å². The van der Waals surface area contributed by atoms with Gasteiger partial charge in [-0.1, -0.05) is 69.3 Å². The third kappa shape index (κ3) is 7.93. The Kier molecular flexibility index (Phi) is 9.74. The fourth-order valence-corrected chi connectivity index (χ4v) is 7.44. The van der Waals surface area contributed by atoms with Gasteiger partial charge in [0.25, 0.3) is 0 Å². The van der Waals surface area contributed by atoms with E-state index in [-0.39, 0.29) is 29.6 Å². The van der Waals surface area contributed by atoms with E-state index >= 15 is 0 Å². The van der Waals surface area contributed by atoms with Gasteiger partial charge >= 0.3 is 6.09 Å². The zero-order valence-electron chi connectivity index (χ0n) is 24.6. The first-order valence-corrected chi connectivity index (χ1v) is 18.0. The highest BCUT2D eigenvalue weighted by Crippen LogP contribution is 2.39. The van der Waals surface area contributed by atoms with E-state index in [1.807, 2.05) is 30.3 Å². The Balaban J connectivity index is 1.98. The second-order valence-electron chi connectivity index (χ2n) is 12.8. The first-order chi connectivity index (χ1) is 18.0. The van der Waals surface area contributed by atoms with E-state index in [2.05, 4.69) is 33.9 Å². The maximum atomic E-state index is 14.0. The topological polar surface area (TPSA) is 82.1 Å². The number of hydrogen-bond acceptors (Lipinski definition) is 6. The van der Waals surface area contributed by atoms with E-state index < -0.39 is 47.2 Å². The standard InChI is InChI=1S/C30H45NO6SSi/c1-29(2,3)37-28(32)31-24(21-35-20-23-15-11-9-12-16-23)19-27(38(33,34)25-17-13-10-14-18-25)26(31)22-36-39(7,8)30(4,5)6/h9-18,24,26-27H,19-22H2,1-8H3/t24-,26-,27?/m0/s1. The van der Waals surface area contributed by atoms with E-state index in [9.17, 15) is 13.2 Å². The lowest BCUT2D eigenvalue weighted by Crippen LogP contribution is -2.52. The van der Waals surface area contributed by atoms with Gasteiger partial charge < -0.3 is 13.9 Å². The molecular weight excluding hydrogens is 530 g/mol. The lowest BCUT2D eigenvalue weighted by atomic mass is 10.2. The van der Waals surface area contributed by atoms with Gasteiger partial charge in [-0.05, 0) is 63.0 Å². The van der Waals surface area contributed by atoms with E-state index in [4.69, 9.17) is 13.9 Å². The van der Waals surface area contributed by atoms with Gasteiger partial charge in [0.05, 0.1) is 42.0 Å². The molecule has 1 fully saturated rings. The van der Waals surface area contributed by atoms with Crippen LogP contribution < -0.4 is 0 Å². The second kappa shape index (κ2) is 12.1. The van der Waals surface area contributed by atoms with Crippen LogP contribution in [0.5, 0.6) is 0 Å². The smallest absolute Gasteiger partial charge is 0.410 e. The summed E-state index contributed by atoms with van der Waals surface area (Å²) in [6.45, 7) is 16.7. The van der Waals surface area contributed by atoms with Crippen LogP contribution in [0.25, 0.3) is 0 Å². The molecule has 0 aromatic heterocycles. The number of sulfone groups is 1. The van der Waals surface area contributed by atoms with Gasteiger partial charge in [-0.3, -0.25) is 4.90 Å². The minimum absolute atomic E-state index is 0.0750. The summed E-state index contributed by atoms with van der Waals surface area (Å²) in [6.07, 6.45) is -0.318. The molecule has 3 rings (SSSR count). The third-order valence-corrected chi connectivity index (χ3v) is 14.3. The molecule has 1 amide bonds. The van der Waals surface area contributed by atoms with E-state index in [1.165, 1.54) is 0 Å². The summed E-state index contributed by atoms with van der Waals surface area (Å²) in [6, 6.07) is 17.0. The Hall–Kier alpha value is -2.20. The van der Waals surface area contributed by atoms with Crippen LogP contribution >= 0.6 is 0 Å². The van der Waals surface area contributed by atoms with Crippen molar-refractivity contribution < 1.29 is 27.1 Å². The van der Waals surface area contributed by atoms with Gasteiger partial charge in [-0.2, -0.15) is 0 Å². The first kappa shape index (κ1) is 31.3. The van der Waals surface area contributed by atoms with Crippen molar-refractivity contribution in [3.05, 3.63) is 66.2 Å². The van der Waals surface area contributed by atoms with E-state index in [0.717, 1.165) is 5.56 Å². The van der Waals surface area contributed by atoms with Crippen LogP contribution in [-0.4, -0.2) is 63.9 Å². The molecule has 0 bridgehead atoms. The Morgan fingerprint density at radius 1 is 0.923 bits per heavy atom. The molecule has 7 nitrogen and oxygen atoms in total. The molecule has 39 heavy (non-hydrogen) atoms. The third-order valence-electron chi connectivity index (χ3n) is 7.60. The van der Waals surface area contributed by atoms with Crippen molar-refractivity contribution in [3.8, 4) is 0 Å². The second-order valence-corrected chi connectivity index (χ2v) is 19.8. The fraction of sp³-hybridized carbons (Fsp3) is 0.567. The van der Waals surface area contributed by atoms with Gasteiger partial charge in [-0.15, -0.1) is 0 Å². The molecule has 1 aliphatic heterocycles. The first-order valence-electron chi connectivity index (χ1n) is 13.6. The number of nitrogens with zero attached hydrogens (tertiary/aromatic N) is 1. The monoisotopic (exact) mass is 575 g/mol. The van der Waals surface area contributed by atoms with Gasteiger partial charge in [0.2, 0.25) is 0 Å². The van der Waals surface area contributed by atoms with Crippen molar-refractivity contribution in [1.29, 1.82) is 0 Å². The molecule has 1 unspecified atom stereocenters. The molecule has 0 N–H and O–H groups in total. The molecule has 0 saturated carbocycles. The number of hydrogen-bond donors (Lipinski definition) is 0. The fourth-order valence-electron chi connectivity index (χ4n) is 4.44. The summed E-state index contributed by atoms with van der Waals surface area (Å²) in [4.78, 5) is 15.5. The van der Waals surface area contributed by atoms with Crippen LogP contribution in [0.3, 0.4) is 0 Å². The molecule has 0 spiro atoms. The SMILES string of the molecule is CC(C)(C)OC(=O)N1[C@H](COCc2ccccc2)CC(S(=O)(=O)c2ccccc2)[C@@H]1CO[Si](C)(C)C(C)(C)C. The Labute approximate surface area is 235 Å². The normalized spacial score (nSPS) is 20.7. The molecule has 3 atom stereocenters. The van der Waals surface area contributed by atoms with Gasteiger partial charge in [0.1, 0.15) is 5.60 Å².